The highest BCUT2D eigenvalue weighted by atomic mass is 35.5. The number of amides is 1. The number of hydrogen-bond acceptors (Lipinski definition) is 5. The third kappa shape index (κ3) is 4.30. The van der Waals surface area contributed by atoms with E-state index in [0.29, 0.717) is 17.3 Å². The van der Waals surface area contributed by atoms with Crippen LogP contribution in [0.4, 0.5) is 4.39 Å². The fourth-order valence-corrected chi connectivity index (χ4v) is 2.63. The first-order valence-corrected chi connectivity index (χ1v) is 7.74. The van der Waals surface area contributed by atoms with Crippen LogP contribution in [-0.2, 0) is 4.79 Å². The van der Waals surface area contributed by atoms with E-state index in [1.165, 1.54) is 12.1 Å². The summed E-state index contributed by atoms with van der Waals surface area (Å²) in [5.74, 6) is 0.281. The van der Waals surface area contributed by atoms with Crippen LogP contribution in [0.1, 0.15) is 31.7 Å². The topological polar surface area (TPSA) is 80.0 Å². The van der Waals surface area contributed by atoms with Crippen LogP contribution in [0.2, 0.25) is 0 Å². The van der Waals surface area contributed by atoms with Gasteiger partial charge in [-0.3, -0.25) is 4.79 Å². The SMILES string of the molecule is CC(NC(=O)C1CCNCC1)c1nc(-c2cccc(F)c2)no1.Cl. The molecule has 2 aromatic rings. The number of piperidine rings is 1. The van der Waals surface area contributed by atoms with Gasteiger partial charge in [0.25, 0.3) is 0 Å². The number of aromatic nitrogens is 2. The Morgan fingerprint density at radius 2 is 2.17 bits per heavy atom. The summed E-state index contributed by atoms with van der Waals surface area (Å²) >= 11 is 0. The summed E-state index contributed by atoms with van der Waals surface area (Å²) in [7, 11) is 0. The van der Waals surface area contributed by atoms with Crippen molar-refractivity contribution in [3.8, 4) is 11.4 Å². The van der Waals surface area contributed by atoms with Gasteiger partial charge in [-0.1, -0.05) is 17.3 Å². The summed E-state index contributed by atoms with van der Waals surface area (Å²) in [6.07, 6.45) is 1.66. The molecule has 1 aliphatic rings. The molecule has 1 unspecified atom stereocenters. The first kappa shape index (κ1) is 18.4. The number of carbonyl (C=O) groups is 1. The van der Waals surface area contributed by atoms with Crippen molar-refractivity contribution >= 4 is 18.3 Å². The third-order valence-corrected chi connectivity index (χ3v) is 3.96. The summed E-state index contributed by atoms with van der Waals surface area (Å²) < 4.78 is 18.4. The first-order valence-electron chi connectivity index (χ1n) is 7.74. The molecule has 130 valence electrons. The van der Waals surface area contributed by atoms with Gasteiger partial charge in [0.1, 0.15) is 11.9 Å². The van der Waals surface area contributed by atoms with Crippen molar-refractivity contribution in [3.63, 3.8) is 0 Å². The van der Waals surface area contributed by atoms with Crippen LogP contribution in [0, 0.1) is 11.7 Å². The van der Waals surface area contributed by atoms with E-state index in [-0.39, 0.29) is 36.1 Å². The molecule has 2 heterocycles. The third-order valence-electron chi connectivity index (χ3n) is 3.96. The molecule has 0 saturated carbocycles. The Bertz CT molecular complexity index is 688. The van der Waals surface area contributed by atoms with Gasteiger partial charge >= 0.3 is 0 Å². The highest BCUT2D eigenvalue weighted by Crippen LogP contribution is 2.20. The monoisotopic (exact) mass is 354 g/mol. The van der Waals surface area contributed by atoms with Gasteiger partial charge in [0.2, 0.25) is 17.6 Å². The smallest absolute Gasteiger partial charge is 0.249 e. The van der Waals surface area contributed by atoms with Crippen LogP contribution in [-0.4, -0.2) is 29.1 Å². The van der Waals surface area contributed by atoms with Gasteiger partial charge in [0, 0.05) is 11.5 Å². The van der Waals surface area contributed by atoms with E-state index in [0.717, 1.165) is 25.9 Å². The van der Waals surface area contributed by atoms with Crippen molar-refractivity contribution in [2.24, 2.45) is 5.92 Å². The highest BCUT2D eigenvalue weighted by molar-refractivity contribution is 5.85. The molecule has 1 aromatic carbocycles. The predicted molar refractivity (Wildman–Crippen MR) is 89.1 cm³/mol. The lowest BCUT2D eigenvalue weighted by atomic mass is 9.97. The number of hydrogen-bond donors (Lipinski definition) is 2. The summed E-state index contributed by atoms with van der Waals surface area (Å²) in [5, 5.41) is 9.99. The molecule has 1 atom stereocenters. The van der Waals surface area contributed by atoms with E-state index in [4.69, 9.17) is 4.52 Å². The Morgan fingerprint density at radius 3 is 2.88 bits per heavy atom. The lowest BCUT2D eigenvalue weighted by molar-refractivity contribution is -0.126. The van der Waals surface area contributed by atoms with Gasteiger partial charge in [-0.2, -0.15) is 4.98 Å². The van der Waals surface area contributed by atoms with Crippen molar-refractivity contribution in [3.05, 3.63) is 36.0 Å². The average molecular weight is 355 g/mol. The number of benzene rings is 1. The molecule has 6 nitrogen and oxygen atoms in total. The van der Waals surface area contributed by atoms with E-state index >= 15 is 0 Å². The standard InChI is InChI=1S/C16H19FN4O2.ClH/c1-10(19-15(22)11-5-7-18-8-6-11)16-20-14(21-23-16)12-3-2-4-13(17)9-12;/h2-4,9-11,18H,5-8H2,1H3,(H,19,22);1H. The lowest BCUT2D eigenvalue weighted by Crippen LogP contribution is -2.39. The molecule has 1 amide bonds. The molecule has 0 bridgehead atoms. The van der Waals surface area contributed by atoms with Crippen LogP contribution in [0.15, 0.2) is 28.8 Å². The van der Waals surface area contributed by atoms with Crippen LogP contribution in [0.25, 0.3) is 11.4 Å². The molecule has 0 spiro atoms. The van der Waals surface area contributed by atoms with Crippen LogP contribution < -0.4 is 10.6 Å². The predicted octanol–water partition coefficient (Wildman–Crippen LogP) is 2.47. The van der Waals surface area contributed by atoms with Gasteiger partial charge in [0.05, 0.1) is 0 Å². The van der Waals surface area contributed by atoms with Crippen molar-refractivity contribution < 1.29 is 13.7 Å². The van der Waals surface area contributed by atoms with Gasteiger partial charge in [-0.15, -0.1) is 12.4 Å². The summed E-state index contributed by atoms with van der Waals surface area (Å²) in [6.45, 7) is 3.51. The average Bonchev–Trinajstić information content (AvgIpc) is 3.06. The van der Waals surface area contributed by atoms with Crippen molar-refractivity contribution in [2.45, 2.75) is 25.8 Å². The normalized spacial score (nSPS) is 16.2. The summed E-state index contributed by atoms with van der Waals surface area (Å²) in [6, 6.07) is 5.60. The van der Waals surface area contributed by atoms with Crippen LogP contribution >= 0.6 is 12.4 Å². The zero-order valence-corrected chi connectivity index (χ0v) is 14.1. The number of nitrogens with zero attached hydrogens (tertiary/aromatic N) is 2. The number of rotatable bonds is 4. The lowest BCUT2D eigenvalue weighted by Gasteiger charge is -2.22. The molecule has 24 heavy (non-hydrogen) atoms. The minimum Gasteiger partial charge on any atom is -0.344 e. The number of carbonyl (C=O) groups excluding carboxylic acids is 1. The Labute approximate surface area is 145 Å². The highest BCUT2D eigenvalue weighted by Gasteiger charge is 2.24. The molecule has 1 aliphatic heterocycles. The maximum Gasteiger partial charge on any atom is 0.249 e. The Hall–Kier alpha value is -1.99. The zero-order chi connectivity index (χ0) is 16.2. The number of halogens is 2. The van der Waals surface area contributed by atoms with E-state index in [1.54, 1.807) is 19.1 Å². The van der Waals surface area contributed by atoms with E-state index in [1.807, 2.05) is 0 Å². The Balaban J connectivity index is 0.00000208. The first-order chi connectivity index (χ1) is 11.1. The Kier molecular flexibility index (Phi) is 6.28. The van der Waals surface area contributed by atoms with Gasteiger partial charge < -0.3 is 15.2 Å². The maximum absolute atomic E-state index is 13.2. The maximum atomic E-state index is 13.2. The second kappa shape index (κ2) is 8.21. The molecule has 1 aromatic heterocycles. The number of nitrogens with one attached hydrogen (secondary N) is 2. The van der Waals surface area contributed by atoms with Gasteiger partial charge in [-0.25, -0.2) is 4.39 Å². The van der Waals surface area contributed by atoms with E-state index < -0.39 is 0 Å². The van der Waals surface area contributed by atoms with Crippen molar-refractivity contribution in [1.29, 1.82) is 0 Å². The second-order valence-corrected chi connectivity index (χ2v) is 5.72. The van der Waals surface area contributed by atoms with Gasteiger partial charge in [0.15, 0.2) is 0 Å². The van der Waals surface area contributed by atoms with Crippen LogP contribution in [0.3, 0.4) is 0 Å². The van der Waals surface area contributed by atoms with Crippen LogP contribution in [0.5, 0.6) is 0 Å². The molecule has 3 rings (SSSR count). The molecule has 8 heteroatoms. The quantitative estimate of drug-likeness (QED) is 0.881. The van der Waals surface area contributed by atoms with Gasteiger partial charge in [-0.05, 0) is 45.0 Å². The van der Waals surface area contributed by atoms with Crippen molar-refractivity contribution in [2.75, 3.05) is 13.1 Å². The molecule has 0 radical (unpaired) electrons. The molecule has 0 aliphatic carbocycles. The Morgan fingerprint density at radius 1 is 1.42 bits per heavy atom. The second-order valence-electron chi connectivity index (χ2n) is 5.72. The minimum absolute atomic E-state index is 0. The summed E-state index contributed by atoms with van der Waals surface area (Å²) in [4.78, 5) is 16.5. The van der Waals surface area contributed by atoms with Crippen molar-refractivity contribution in [1.82, 2.24) is 20.8 Å². The molecule has 2 N–H and O–H groups in total. The molecular formula is C16H20ClFN4O2. The zero-order valence-electron chi connectivity index (χ0n) is 13.3. The largest absolute Gasteiger partial charge is 0.344 e. The molecule has 1 saturated heterocycles. The molecular weight excluding hydrogens is 335 g/mol. The fourth-order valence-electron chi connectivity index (χ4n) is 2.63. The minimum atomic E-state index is -0.382. The molecule has 1 fully saturated rings. The summed E-state index contributed by atoms with van der Waals surface area (Å²) in [5.41, 5.74) is 0.539. The fraction of sp³-hybridized carbons (Fsp3) is 0.438. The van der Waals surface area contributed by atoms with E-state index in [2.05, 4.69) is 20.8 Å². The van der Waals surface area contributed by atoms with E-state index in [9.17, 15) is 9.18 Å².